The SMILES string of the molecule is Cc1ccc(NC(=O)c2ccc(C)c(C(F)(F)F)c2)cc1NC(=O)/C=C/c1cccnc1. The van der Waals surface area contributed by atoms with E-state index in [9.17, 15) is 22.8 Å². The van der Waals surface area contributed by atoms with Gasteiger partial charge in [-0.15, -0.1) is 0 Å². The molecule has 0 aliphatic rings. The largest absolute Gasteiger partial charge is 0.416 e. The Hall–Kier alpha value is -3.94. The maximum atomic E-state index is 13.1. The number of pyridine rings is 1. The van der Waals surface area contributed by atoms with E-state index in [2.05, 4.69) is 15.6 Å². The van der Waals surface area contributed by atoms with Crippen molar-refractivity contribution in [2.75, 3.05) is 10.6 Å². The lowest BCUT2D eigenvalue weighted by Crippen LogP contribution is -2.15. The second-order valence-corrected chi connectivity index (χ2v) is 7.12. The molecular formula is C24H20F3N3O2. The van der Waals surface area contributed by atoms with Crippen molar-refractivity contribution in [3.05, 3.63) is 94.8 Å². The molecule has 5 nitrogen and oxygen atoms in total. The van der Waals surface area contributed by atoms with Crippen molar-refractivity contribution in [2.24, 2.45) is 0 Å². The fourth-order valence-electron chi connectivity index (χ4n) is 2.93. The summed E-state index contributed by atoms with van der Waals surface area (Å²) in [5.74, 6) is -1.07. The second kappa shape index (κ2) is 9.47. The van der Waals surface area contributed by atoms with Crippen molar-refractivity contribution in [2.45, 2.75) is 20.0 Å². The fraction of sp³-hybridized carbons (Fsp3) is 0.125. The molecule has 3 rings (SSSR count). The smallest absolute Gasteiger partial charge is 0.322 e. The van der Waals surface area contributed by atoms with Gasteiger partial charge in [-0.1, -0.05) is 18.2 Å². The van der Waals surface area contributed by atoms with Gasteiger partial charge in [-0.3, -0.25) is 14.6 Å². The molecule has 1 aromatic heterocycles. The highest BCUT2D eigenvalue weighted by molar-refractivity contribution is 6.06. The van der Waals surface area contributed by atoms with Crippen molar-refractivity contribution in [3.63, 3.8) is 0 Å². The minimum absolute atomic E-state index is 0.0359. The van der Waals surface area contributed by atoms with Crippen LogP contribution in [0.4, 0.5) is 24.5 Å². The number of hydrogen-bond acceptors (Lipinski definition) is 3. The van der Waals surface area contributed by atoms with Crippen LogP contribution in [0, 0.1) is 13.8 Å². The summed E-state index contributed by atoms with van der Waals surface area (Å²) in [6.07, 6.45) is 1.65. The Morgan fingerprint density at radius 2 is 1.72 bits per heavy atom. The van der Waals surface area contributed by atoms with Crippen LogP contribution in [0.5, 0.6) is 0 Å². The molecule has 2 amide bonds. The number of benzene rings is 2. The molecule has 0 unspecified atom stereocenters. The first kappa shape index (κ1) is 22.7. The Morgan fingerprint density at radius 3 is 2.41 bits per heavy atom. The average Bonchev–Trinajstić information content (AvgIpc) is 2.75. The van der Waals surface area contributed by atoms with Crippen molar-refractivity contribution >= 4 is 29.3 Å². The summed E-state index contributed by atoms with van der Waals surface area (Å²) in [4.78, 5) is 28.7. The van der Waals surface area contributed by atoms with Gasteiger partial charge in [-0.25, -0.2) is 0 Å². The topological polar surface area (TPSA) is 71.1 Å². The molecule has 0 atom stereocenters. The molecule has 0 aliphatic carbocycles. The van der Waals surface area contributed by atoms with E-state index in [1.807, 2.05) is 0 Å². The van der Waals surface area contributed by atoms with Gasteiger partial charge in [0, 0.05) is 35.4 Å². The highest BCUT2D eigenvalue weighted by Gasteiger charge is 2.33. The minimum atomic E-state index is -4.55. The number of rotatable bonds is 5. The van der Waals surface area contributed by atoms with Gasteiger partial charge in [-0.05, 0) is 66.9 Å². The van der Waals surface area contributed by atoms with E-state index >= 15 is 0 Å². The first-order valence-electron chi connectivity index (χ1n) is 9.62. The number of hydrogen-bond donors (Lipinski definition) is 2. The standard InChI is InChI=1S/C24H20F3N3O2/c1-15-5-8-18(12-20(15)24(25,26)27)23(32)29-19-9-6-16(2)21(13-19)30-22(31)10-7-17-4-3-11-28-14-17/h3-14H,1-2H3,(H,29,32)(H,30,31)/b10-7+. The van der Waals surface area contributed by atoms with E-state index in [0.717, 1.165) is 17.2 Å². The number of aromatic nitrogens is 1. The molecule has 0 bridgehead atoms. The van der Waals surface area contributed by atoms with Gasteiger partial charge < -0.3 is 10.6 Å². The van der Waals surface area contributed by atoms with E-state index in [0.29, 0.717) is 11.4 Å². The molecule has 164 valence electrons. The van der Waals surface area contributed by atoms with Crippen LogP contribution in [0.2, 0.25) is 0 Å². The van der Waals surface area contributed by atoms with Crippen molar-refractivity contribution < 1.29 is 22.8 Å². The summed E-state index contributed by atoms with van der Waals surface area (Å²) in [6.45, 7) is 3.11. The number of nitrogens with zero attached hydrogens (tertiary/aromatic N) is 1. The van der Waals surface area contributed by atoms with E-state index in [1.165, 1.54) is 25.1 Å². The lowest BCUT2D eigenvalue weighted by Gasteiger charge is -2.13. The number of carbonyl (C=O) groups is 2. The van der Waals surface area contributed by atoms with Crippen LogP contribution in [0.25, 0.3) is 6.08 Å². The molecule has 0 radical (unpaired) electrons. The highest BCUT2D eigenvalue weighted by atomic mass is 19.4. The van der Waals surface area contributed by atoms with Crippen molar-refractivity contribution in [3.8, 4) is 0 Å². The molecular weight excluding hydrogens is 419 g/mol. The molecule has 8 heteroatoms. The lowest BCUT2D eigenvalue weighted by atomic mass is 10.0. The summed E-state index contributed by atoms with van der Waals surface area (Å²) in [6, 6.07) is 11.8. The fourth-order valence-corrected chi connectivity index (χ4v) is 2.93. The number of amides is 2. The van der Waals surface area contributed by atoms with Gasteiger partial charge in [0.25, 0.3) is 5.91 Å². The van der Waals surface area contributed by atoms with Crippen molar-refractivity contribution in [1.29, 1.82) is 0 Å². The van der Waals surface area contributed by atoms with E-state index in [1.54, 1.807) is 55.7 Å². The number of nitrogens with one attached hydrogen (secondary N) is 2. The van der Waals surface area contributed by atoms with Gasteiger partial charge >= 0.3 is 6.18 Å². The van der Waals surface area contributed by atoms with Gasteiger partial charge in [-0.2, -0.15) is 13.2 Å². The Balaban J connectivity index is 1.74. The molecule has 0 aliphatic heterocycles. The van der Waals surface area contributed by atoms with Crippen LogP contribution in [0.1, 0.15) is 32.6 Å². The highest BCUT2D eigenvalue weighted by Crippen LogP contribution is 2.32. The minimum Gasteiger partial charge on any atom is -0.322 e. The van der Waals surface area contributed by atoms with Gasteiger partial charge in [0.1, 0.15) is 0 Å². The molecule has 0 saturated heterocycles. The van der Waals surface area contributed by atoms with Crippen LogP contribution in [-0.2, 0) is 11.0 Å². The molecule has 2 aromatic carbocycles. The maximum absolute atomic E-state index is 13.1. The third kappa shape index (κ3) is 5.81. The Morgan fingerprint density at radius 1 is 0.969 bits per heavy atom. The molecule has 1 heterocycles. The predicted molar refractivity (Wildman–Crippen MR) is 117 cm³/mol. The van der Waals surface area contributed by atoms with Crippen LogP contribution < -0.4 is 10.6 Å². The van der Waals surface area contributed by atoms with E-state index < -0.39 is 17.6 Å². The zero-order valence-corrected chi connectivity index (χ0v) is 17.3. The van der Waals surface area contributed by atoms with Crippen molar-refractivity contribution in [1.82, 2.24) is 4.98 Å². The molecule has 0 saturated carbocycles. The summed E-state index contributed by atoms with van der Waals surface area (Å²) < 4.78 is 39.4. The van der Waals surface area contributed by atoms with E-state index in [4.69, 9.17) is 0 Å². The monoisotopic (exact) mass is 439 g/mol. The zero-order valence-electron chi connectivity index (χ0n) is 17.3. The van der Waals surface area contributed by atoms with Gasteiger partial charge in [0.05, 0.1) is 5.56 Å². The Bertz CT molecular complexity index is 1170. The third-order valence-corrected chi connectivity index (χ3v) is 4.67. The van der Waals surface area contributed by atoms with Gasteiger partial charge in [0.2, 0.25) is 5.91 Å². The summed E-state index contributed by atoms with van der Waals surface area (Å²) in [5, 5.41) is 5.30. The summed E-state index contributed by atoms with van der Waals surface area (Å²) in [5.41, 5.74) is 1.37. The Labute approximate surface area is 183 Å². The summed E-state index contributed by atoms with van der Waals surface area (Å²) in [7, 11) is 0. The normalized spacial score (nSPS) is 11.4. The van der Waals surface area contributed by atoms with Crippen LogP contribution in [-0.4, -0.2) is 16.8 Å². The maximum Gasteiger partial charge on any atom is 0.416 e. The molecule has 2 N–H and O–H groups in total. The molecule has 32 heavy (non-hydrogen) atoms. The van der Waals surface area contributed by atoms with Crippen LogP contribution in [0.15, 0.2) is 67.0 Å². The predicted octanol–water partition coefficient (Wildman–Crippen LogP) is 5.62. The van der Waals surface area contributed by atoms with Gasteiger partial charge in [0.15, 0.2) is 0 Å². The van der Waals surface area contributed by atoms with Crippen LogP contribution >= 0.6 is 0 Å². The quantitative estimate of drug-likeness (QED) is 0.507. The molecule has 0 fully saturated rings. The second-order valence-electron chi connectivity index (χ2n) is 7.12. The lowest BCUT2D eigenvalue weighted by molar-refractivity contribution is -0.138. The molecule has 3 aromatic rings. The first-order chi connectivity index (χ1) is 15.1. The average molecular weight is 439 g/mol. The first-order valence-corrected chi connectivity index (χ1v) is 9.62. The number of aryl methyl sites for hydroxylation is 2. The van der Waals surface area contributed by atoms with E-state index in [-0.39, 0.29) is 17.0 Å². The Kier molecular flexibility index (Phi) is 6.73. The summed E-state index contributed by atoms with van der Waals surface area (Å²) >= 11 is 0. The number of halogens is 3. The zero-order chi connectivity index (χ0) is 23.3. The third-order valence-electron chi connectivity index (χ3n) is 4.67. The number of alkyl halides is 3. The number of carbonyl (C=O) groups excluding carboxylic acids is 2. The molecule has 0 spiro atoms. The van der Waals surface area contributed by atoms with Crippen LogP contribution in [0.3, 0.4) is 0 Å². The number of anilines is 2.